The molecule has 0 bridgehead atoms. The molecular formula is C13H17N3O. The van der Waals surface area contributed by atoms with Gasteiger partial charge < -0.3 is 15.4 Å². The van der Waals surface area contributed by atoms with Crippen LogP contribution >= 0.6 is 0 Å². The van der Waals surface area contributed by atoms with Crippen LogP contribution in [0.4, 0.5) is 5.69 Å². The lowest BCUT2D eigenvalue weighted by Gasteiger charge is -2.06. The van der Waals surface area contributed by atoms with Crippen molar-refractivity contribution in [2.24, 2.45) is 0 Å². The zero-order valence-electron chi connectivity index (χ0n) is 9.69. The van der Waals surface area contributed by atoms with Crippen LogP contribution in [0, 0.1) is 0 Å². The van der Waals surface area contributed by atoms with Crippen molar-refractivity contribution >= 4 is 5.69 Å². The second-order valence-corrected chi connectivity index (χ2v) is 3.92. The number of nitrogens with one attached hydrogen (secondary N) is 2. The van der Waals surface area contributed by atoms with E-state index in [1.54, 1.807) is 6.20 Å². The Labute approximate surface area is 101 Å². The van der Waals surface area contributed by atoms with E-state index in [9.17, 15) is 0 Å². The van der Waals surface area contributed by atoms with E-state index in [-0.39, 0.29) is 6.61 Å². The number of aromatic nitrogens is 2. The van der Waals surface area contributed by atoms with Crippen LogP contribution in [-0.4, -0.2) is 21.7 Å². The van der Waals surface area contributed by atoms with E-state index in [0.29, 0.717) is 6.54 Å². The third-order valence-electron chi connectivity index (χ3n) is 2.57. The Hall–Kier alpha value is -1.81. The molecule has 2 aromatic rings. The summed E-state index contributed by atoms with van der Waals surface area (Å²) >= 11 is 0. The molecular weight excluding hydrogens is 214 g/mol. The quantitative estimate of drug-likeness (QED) is 0.712. The van der Waals surface area contributed by atoms with Gasteiger partial charge >= 0.3 is 0 Å². The van der Waals surface area contributed by atoms with Crippen LogP contribution in [0.15, 0.2) is 36.7 Å². The van der Waals surface area contributed by atoms with Gasteiger partial charge in [-0.25, -0.2) is 4.98 Å². The molecule has 1 aromatic heterocycles. The topological polar surface area (TPSA) is 60.9 Å². The Kier molecular flexibility index (Phi) is 4.16. The molecule has 2 rings (SSSR count). The van der Waals surface area contributed by atoms with E-state index in [0.717, 1.165) is 24.4 Å². The first kappa shape index (κ1) is 11.7. The Balaban J connectivity index is 1.91. The molecule has 17 heavy (non-hydrogen) atoms. The molecule has 0 aliphatic rings. The van der Waals surface area contributed by atoms with E-state index in [4.69, 9.17) is 5.11 Å². The maximum absolute atomic E-state index is 8.80. The second kappa shape index (κ2) is 6.06. The molecule has 0 atom stereocenters. The standard InChI is InChI=1S/C13H17N3O/c17-8-2-4-11-3-1-5-12(9-11)16-10-13-14-6-7-15-13/h1,3,5-7,9,16-17H,2,4,8,10H2,(H,14,15). The van der Waals surface area contributed by atoms with Crippen molar-refractivity contribution < 1.29 is 5.11 Å². The van der Waals surface area contributed by atoms with Gasteiger partial charge in [0.1, 0.15) is 5.82 Å². The number of rotatable bonds is 6. The summed E-state index contributed by atoms with van der Waals surface area (Å²) in [6.07, 6.45) is 5.28. The predicted octanol–water partition coefficient (Wildman–Crippen LogP) is 1.95. The number of anilines is 1. The van der Waals surface area contributed by atoms with E-state index in [1.165, 1.54) is 5.56 Å². The number of aryl methyl sites for hydroxylation is 1. The average Bonchev–Trinajstić information content (AvgIpc) is 2.87. The van der Waals surface area contributed by atoms with Crippen LogP contribution in [0.2, 0.25) is 0 Å². The summed E-state index contributed by atoms with van der Waals surface area (Å²) in [6, 6.07) is 8.24. The average molecular weight is 231 g/mol. The zero-order valence-corrected chi connectivity index (χ0v) is 9.69. The van der Waals surface area contributed by atoms with Gasteiger partial charge in [-0.1, -0.05) is 12.1 Å². The third-order valence-corrected chi connectivity index (χ3v) is 2.57. The molecule has 0 amide bonds. The number of nitrogens with zero attached hydrogens (tertiary/aromatic N) is 1. The van der Waals surface area contributed by atoms with Crippen molar-refractivity contribution in [2.75, 3.05) is 11.9 Å². The Morgan fingerprint density at radius 3 is 3.06 bits per heavy atom. The van der Waals surface area contributed by atoms with Crippen LogP contribution in [0.1, 0.15) is 17.8 Å². The fourth-order valence-corrected chi connectivity index (χ4v) is 1.70. The van der Waals surface area contributed by atoms with Crippen molar-refractivity contribution in [3.05, 3.63) is 48.0 Å². The van der Waals surface area contributed by atoms with E-state index < -0.39 is 0 Å². The van der Waals surface area contributed by atoms with Crippen LogP contribution in [0.25, 0.3) is 0 Å². The summed E-state index contributed by atoms with van der Waals surface area (Å²) in [5.74, 6) is 0.922. The van der Waals surface area contributed by atoms with E-state index >= 15 is 0 Å². The first-order valence-electron chi connectivity index (χ1n) is 5.80. The van der Waals surface area contributed by atoms with Gasteiger partial charge in [0.25, 0.3) is 0 Å². The number of benzene rings is 1. The van der Waals surface area contributed by atoms with Crippen molar-refractivity contribution in [3.63, 3.8) is 0 Å². The van der Waals surface area contributed by atoms with Crippen molar-refractivity contribution in [1.29, 1.82) is 0 Å². The summed E-state index contributed by atoms with van der Waals surface area (Å²) < 4.78 is 0. The van der Waals surface area contributed by atoms with Gasteiger partial charge in [-0.2, -0.15) is 0 Å². The highest BCUT2D eigenvalue weighted by Crippen LogP contribution is 2.12. The summed E-state index contributed by atoms with van der Waals surface area (Å²) in [7, 11) is 0. The van der Waals surface area contributed by atoms with Crippen molar-refractivity contribution in [1.82, 2.24) is 9.97 Å². The second-order valence-electron chi connectivity index (χ2n) is 3.92. The van der Waals surface area contributed by atoms with Crippen LogP contribution in [0.5, 0.6) is 0 Å². The molecule has 3 N–H and O–H groups in total. The number of aliphatic hydroxyl groups excluding tert-OH is 1. The molecule has 90 valence electrons. The lowest BCUT2D eigenvalue weighted by atomic mass is 10.1. The molecule has 0 aliphatic carbocycles. The molecule has 0 saturated carbocycles. The zero-order chi connectivity index (χ0) is 11.9. The molecule has 0 spiro atoms. The highest BCUT2D eigenvalue weighted by atomic mass is 16.2. The summed E-state index contributed by atoms with van der Waals surface area (Å²) in [5.41, 5.74) is 2.32. The third kappa shape index (κ3) is 3.60. The molecule has 4 nitrogen and oxygen atoms in total. The number of H-pyrrole nitrogens is 1. The Morgan fingerprint density at radius 2 is 2.29 bits per heavy atom. The molecule has 1 aromatic carbocycles. The van der Waals surface area contributed by atoms with Gasteiger partial charge in [0.2, 0.25) is 0 Å². The van der Waals surface area contributed by atoms with Crippen molar-refractivity contribution in [3.8, 4) is 0 Å². The van der Waals surface area contributed by atoms with E-state index in [2.05, 4.69) is 27.4 Å². The molecule has 0 radical (unpaired) electrons. The molecule has 4 heteroatoms. The van der Waals surface area contributed by atoms with Gasteiger partial charge in [-0.3, -0.25) is 0 Å². The monoisotopic (exact) mass is 231 g/mol. The predicted molar refractivity (Wildman–Crippen MR) is 67.8 cm³/mol. The summed E-state index contributed by atoms with van der Waals surface area (Å²) in [5, 5.41) is 12.1. The normalized spacial score (nSPS) is 10.4. The Morgan fingerprint density at radius 1 is 1.35 bits per heavy atom. The number of aromatic amines is 1. The number of imidazole rings is 1. The molecule has 0 saturated heterocycles. The van der Waals surface area contributed by atoms with Gasteiger partial charge in [-0.15, -0.1) is 0 Å². The Bertz CT molecular complexity index is 440. The minimum absolute atomic E-state index is 0.240. The number of aliphatic hydroxyl groups is 1. The number of hydrogen-bond donors (Lipinski definition) is 3. The molecule has 0 fully saturated rings. The maximum Gasteiger partial charge on any atom is 0.125 e. The van der Waals surface area contributed by atoms with Gasteiger partial charge in [0, 0.05) is 24.7 Å². The van der Waals surface area contributed by atoms with Crippen LogP contribution in [-0.2, 0) is 13.0 Å². The fraction of sp³-hybridized carbons (Fsp3) is 0.308. The molecule has 1 heterocycles. The SMILES string of the molecule is OCCCc1cccc(NCc2ncc[nH]2)c1. The lowest BCUT2D eigenvalue weighted by Crippen LogP contribution is -2.01. The minimum atomic E-state index is 0.240. The maximum atomic E-state index is 8.80. The van der Waals surface area contributed by atoms with Crippen LogP contribution < -0.4 is 5.32 Å². The smallest absolute Gasteiger partial charge is 0.125 e. The molecule has 0 unspecified atom stereocenters. The minimum Gasteiger partial charge on any atom is -0.396 e. The van der Waals surface area contributed by atoms with E-state index in [1.807, 2.05) is 18.3 Å². The largest absolute Gasteiger partial charge is 0.396 e. The summed E-state index contributed by atoms with van der Waals surface area (Å²) in [6.45, 7) is 0.931. The first-order valence-corrected chi connectivity index (χ1v) is 5.80. The highest BCUT2D eigenvalue weighted by Gasteiger charge is 1.97. The lowest BCUT2D eigenvalue weighted by molar-refractivity contribution is 0.288. The summed E-state index contributed by atoms with van der Waals surface area (Å²) in [4.78, 5) is 7.20. The van der Waals surface area contributed by atoms with Crippen LogP contribution in [0.3, 0.4) is 0 Å². The van der Waals surface area contributed by atoms with Gasteiger partial charge in [-0.05, 0) is 30.5 Å². The van der Waals surface area contributed by atoms with Gasteiger partial charge in [0.15, 0.2) is 0 Å². The number of hydrogen-bond acceptors (Lipinski definition) is 3. The molecule has 0 aliphatic heterocycles. The fourth-order valence-electron chi connectivity index (χ4n) is 1.70. The highest BCUT2D eigenvalue weighted by molar-refractivity contribution is 5.45. The first-order chi connectivity index (χ1) is 8.38. The van der Waals surface area contributed by atoms with Gasteiger partial charge in [0.05, 0.1) is 6.54 Å². The van der Waals surface area contributed by atoms with Crippen molar-refractivity contribution in [2.45, 2.75) is 19.4 Å².